The van der Waals surface area contributed by atoms with E-state index in [2.05, 4.69) is 0 Å². The highest BCUT2D eigenvalue weighted by Gasteiger charge is 2.17. The molecule has 1 rings (SSSR count). The van der Waals surface area contributed by atoms with Gasteiger partial charge in [-0.1, -0.05) is 30.3 Å². The number of carbonyl (C=O) groups excluding carboxylic acids is 1. The molecule has 0 bridgehead atoms. The van der Waals surface area contributed by atoms with Crippen molar-refractivity contribution in [2.75, 3.05) is 0 Å². The summed E-state index contributed by atoms with van der Waals surface area (Å²) in [5, 5.41) is 0. The van der Waals surface area contributed by atoms with Gasteiger partial charge >= 0.3 is 5.97 Å². The van der Waals surface area contributed by atoms with Crippen LogP contribution in [0.25, 0.3) is 5.57 Å². The maximum absolute atomic E-state index is 11.8. The summed E-state index contributed by atoms with van der Waals surface area (Å²) in [7, 11) is 0. The van der Waals surface area contributed by atoms with Crippen LogP contribution in [0.5, 0.6) is 0 Å². The van der Waals surface area contributed by atoms with Crippen LogP contribution in [0, 0.1) is 0 Å². The van der Waals surface area contributed by atoms with E-state index in [1.54, 1.807) is 0 Å². The third-order valence-electron chi connectivity index (χ3n) is 2.63. The minimum atomic E-state index is -0.429. The molecule has 0 aliphatic carbocycles. The van der Waals surface area contributed by atoms with Crippen LogP contribution in [-0.4, -0.2) is 11.6 Å². The van der Waals surface area contributed by atoms with E-state index < -0.39 is 5.60 Å². The van der Waals surface area contributed by atoms with Gasteiger partial charge in [-0.2, -0.15) is 0 Å². The normalized spacial score (nSPS) is 12.4. The maximum Gasteiger partial charge on any atom is 0.310 e. The number of hydrogen-bond acceptors (Lipinski definition) is 2. The average molecular weight is 246 g/mol. The van der Waals surface area contributed by atoms with Crippen LogP contribution in [0.2, 0.25) is 0 Å². The minimum absolute atomic E-state index is 0.182. The van der Waals surface area contributed by atoms with Crippen molar-refractivity contribution in [2.24, 2.45) is 0 Å². The summed E-state index contributed by atoms with van der Waals surface area (Å²) in [6.07, 6.45) is 2.37. The molecule has 2 nitrogen and oxygen atoms in total. The molecule has 0 saturated heterocycles. The molecule has 0 unspecified atom stereocenters. The summed E-state index contributed by atoms with van der Waals surface area (Å²) in [5.41, 5.74) is 2.88. The maximum atomic E-state index is 11.8. The van der Waals surface area contributed by atoms with Crippen LogP contribution in [0.3, 0.4) is 0 Å². The molecule has 0 atom stereocenters. The molecule has 0 amide bonds. The highest BCUT2D eigenvalue weighted by molar-refractivity contribution is 5.77. The lowest BCUT2D eigenvalue weighted by atomic mass is 9.98. The lowest BCUT2D eigenvalue weighted by Crippen LogP contribution is -2.25. The first-order valence-corrected chi connectivity index (χ1v) is 6.26. The quantitative estimate of drug-likeness (QED) is 0.754. The van der Waals surface area contributed by atoms with Crippen LogP contribution < -0.4 is 0 Å². The van der Waals surface area contributed by atoms with E-state index in [1.165, 1.54) is 5.57 Å². The lowest BCUT2D eigenvalue weighted by molar-refractivity contribution is -0.153. The Morgan fingerprint density at radius 3 is 2.44 bits per heavy atom. The van der Waals surface area contributed by atoms with Gasteiger partial charge in [-0.15, -0.1) is 0 Å². The molecule has 18 heavy (non-hydrogen) atoms. The fourth-order valence-corrected chi connectivity index (χ4v) is 1.75. The van der Waals surface area contributed by atoms with Gasteiger partial charge in [0.25, 0.3) is 0 Å². The molecule has 0 radical (unpaired) electrons. The first-order chi connectivity index (χ1) is 8.33. The smallest absolute Gasteiger partial charge is 0.310 e. The van der Waals surface area contributed by atoms with E-state index in [0.717, 1.165) is 11.1 Å². The Kier molecular flexibility index (Phi) is 4.71. The Labute approximate surface area is 110 Å². The Balaban J connectivity index is 2.88. The monoisotopic (exact) mass is 246 g/mol. The van der Waals surface area contributed by atoms with E-state index >= 15 is 0 Å². The summed E-state index contributed by atoms with van der Waals surface area (Å²) in [5.74, 6) is -0.182. The van der Waals surface area contributed by atoms with Gasteiger partial charge < -0.3 is 4.74 Å². The molecule has 0 aliphatic rings. The molecule has 0 aliphatic heterocycles. The van der Waals surface area contributed by atoms with E-state index in [4.69, 9.17) is 4.74 Å². The predicted molar refractivity (Wildman–Crippen MR) is 75.3 cm³/mol. The number of rotatable bonds is 3. The molecule has 0 fully saturated rings. The number of hydrogen-bond donors (Lipinski definition) is 0. The van der Waals surface area contributed by atoms with Crippen LogP contribution in [0.4, 0.5) is 0 Å². The van der Waals surface area contributed by atoms with Gasteiger partial charge in [0, 0.05) is 0 Å². The molecular weight excluding hydrogens is 224 g/mol. The van der Waals surface area contributed by atoms with Crippen molar-refractivity contribution in [2.45, 2.75) is 46.6 Å². The Morgan fingerprint density at radius 2 is 1.89 bits per heavy atom. The summed E-state index contributed by atoms with van der Waals surface area (Å²) in [6.45, 7) is 9.70. The zero-order valence-electron chi connectivity index (χ0n) is 11.9. The highest BCUT2D eigenvalue weighted by Crippen LogP contribution is 2.20. The first-order valence-electron chi connectivity index (χ1n) is 6.26. The molecule has 0 heterocycles. The molecule has 1 aromatic rings. The van der Waals surface area contributed by atoms with Crippen LogP contribution in [0.1, 0.15) is 45.7 Å². The number of ether oxygens (including phenoxy) is 1. The van der Waals surface area contributed by atoms with Gasteiger partial charge in [0.2, 0.25) is 0 Å². The van der Waals surface area contributed by atoms with Gasteiger partial charge in [-0.3, -0.25) is 4.79 Å². The molecule has 0 spiro atoms. The summed E-state index contributed by atoms with van der Waals surface area (Å²) in [4.78, 5) is 11.8. The fourth-order valence-electron chi connectivity index (χ4n) is 1.75. The van der Waals surface area contributed by atoms with Crippen molar-refractivity contribution in [1.29, 1.82) is 0 Å². The van der Waals surface area contributed by atoms with Gasteiger partial charge in [-0.25, -0.2) is 0 Å². The summed E-state index contributed by atoms with van der Waals surface area (Å²) >= 11 is 0. The number of carbonyl (C=O) groups is 1. The highest BCUT2D eigenvalue weighted by atomic mass is 16.6. The topological polar surface area (TPSA) is 26.3 Å². The molecular formula is C16H22O2. The van der Waals surface area contributed by atoms with E-state index in [-0.39, 0.29) is 5.97 Å². The largest absolute Gasteiger partial charge is 0.460 e. The third-order valence-corrected chi connectivity index (χ3v) is 2.63. The number of benzene rings is 1. The van der Waals surface area contributed by atoms with Gasteiger partial charge in [0.1, 0.15) is 5.60 Å². The van der Waals surface area contributed by atoms with E-state index in [9.17, 15) is 4.79 Å². The molecule has 98 valence electrons. The molecule has 2 heteroatoms. The molecule has 0 saturated carbocycles. The second-order valence-corrected chi connectivity index (χ2v) is 5.39. The van der Waals surface area contributed by atoms with Crippen LogP contribution >= 0.6 is 0 Å². The van der Waals surface area contributed by atoms with Crippen molar-refractivity contribution in [3.63, 3.8) is 0 Å². The van der Waals surface area contributed by atoms with Crippen molar-refractivity contribution in [1.82, 2.24) is 0 Å². The van der Waals surface area contributed by atoms with Gasteiger partial charge in [0.05, 0.1) is 6.42 Å². The van der Waals surface area contributed by atoms with E-state index in [1.807, 2.05) is 65.0 Å². The van der Waals surface area contributed by atoms with Crippen molar-refractivity contribution in [3.05, 3.63) is 41.5 Å². The number of allylic oxidation sites excluding steroid dienone is 2. The second kappa shape index (κ2) is 5.85. The molecule has 0 aromatic heterocycles. The average Bonchev–Trinajstić information content (AvgIpc) is 2.26. The Morgan fingerprint density at radius 1 is 1.28 bits per heavy atom. The fraction of sp³-hybridized carbons (Fsp3) is 0.438. The Hall–Kier alpha value is -1.57. The van der Waals surface area contributed by atoms with Crippen molar-refractivity contribution in [3.8, 4) is 0 Å². The Bertz CT molecular complexity index is 450. The SMILES string of the molecule is C/C=C(/C)c1ccccc1CC(=O)OC(C)(C)C. The lowest BCUT2D eigenvalue weighted by Gasteiger charge is -2.20. The zero-order valence-corrected chi connectivity index (χ0v) is 11.9. The summed E-state index contributed by atoms with van der Waals surface area (Å²) < 4.78 is 5.35. The zero-order chi connectivity index (χ0) is 13.8. The van der Waals surface area contributed by atoms with Crippen LogP contribution in [-0.2, 0) is 16.0 Å². The summed E-state index contributed by atoms with van der Waals surface area (Å²) in [6, 6.07) is 7.95. The first kappa shape index (κ1) is 14.5. The molecule has 1 aromatic carbocycles. The molecule has 0 N–H and O–H groups in total. The third kappa shape index (κ3) is 4.36. The van der Waals surface area contributed by atoms with Crippen LogP contribution in [0.15, 0.2) is 30.3 Å². The minimum Gasteiger partial charge on any atom is -0.460 e. The standard InChI is InChI=1S/C16H22O2/c1-6-12(2)14-10-8-7-9-13(14)11-15(17)18-16(3,4)5/h6-10H,11H2,1-5H3/b12-6-. The number of esters is 1. The van der Waals surface area contributed by atoms with Gasteiger partial charge in [0.15, 0.2) is 0 Å². The predicted octanol–water partition coefficient (Wildman–Crippen LogP) is 3.99. The second-order valence-electron chi connectivity index (χ2n) is 5.39. The van der Waals surface area contributed by atoms with Gasteiger partial charge in [-0.05, 0) is 51.3 Å². The van der Waals surface area contributed by atoms with Crippen molar-refractivity contribution < 1.29 is 9.53 Å². The van der Waals surface area contributed by atoms with E-state index in [0.29, 0.717) is 6.42 Å². The van der Waals surface area contributed by atoms with Crippen molar-refractivity contribution >= 4 is 11.5 Å².